The predicted molar refractivity (Wildman–Crippen MR) is 104 cm³/mol. The number of hydrogen-bond donors (Lipinski definition) is 1. The number of anilines is 2. The summed E-state index contributed by atoms with van der Waals surface area (Å²) >= 11 is 0. The van der Waals surface area contributed by atoms with Crippen LogP contribution < -0.4 is 10.9 Å². The predicted octanol–water partition coefficient (Wildman–Crippen LogP) is 4.00. The van der Waals surface area contributed by atoms with Crippen LogP contribution in [0.4, 0.5) is 16.0 Å². The van der Waals surface area contributed by atoms with E-state index in [-0.39, 0.29) is 17.4 Å². The summed E-state index contributed by atoms with van der Waals surface area (Å²) in [6, 6.07) is 12.4. The number of nitrogens with one attached hydrogen (secondary N) is 1. The van der Waals surface area contributed by atoms with Crippen LogP contribution in [-0.4, -0.2) is 9.55 Å². The number of hydrogen-bond acceptors (Lipinski definition) is 4. The van der Waals surface area contributed by atoms with Crippen molar-refractivity contribution in [3.05, 3.63) is 86.6 Å². The monoisotopic (exact) mass is 377 g/mol. The topological polar surface area (TPSA) is 56.2 Å². The van der Waals surface area contributed by atoms with Gasteiger partial charge in [-0.05, 0) is 60.2 Å². The maximum atomic E-state index is 13.4. The molecule has 6 heteroatoms. The number of rotatable bonds is 3. The summed E-state index contributed by atoms with van der Waals surface area (Å²) in [5, 5.41) is 3.38. The Bertz CT molecular complexity index is 1120. The standard InChI is InChI=1S/C22H20FN3O2/c1-13-8-15-11-28-12-16(15)9-19(13)24-22-25-21(27)10-18-6-7-20(26(18)22)14-2-4-17(23)5-3-14/h2-5,8-10,20H,6-7,11-12H2,1H3,(H,24,25,27). The second-order valence-corrected chi connectivity index (χ2v) is 7.44. The highest BCUT2D eigenvalue weighted by Crippen LogP contribution is 2.35. The third-order valence-corrected chi connectivity index (χ3v) is 5.59. The van der Waals surface area contributed by atoms with Crippen LogP contribution in [-0.2, 0) is 24.4 Å². The average Bonchev–Trinajstić information content (AvgIpc) is 3.29. The van der Waals surface area contributed by atoms with Crippen LogP contribution in [0.1, 0.15) is 40.4 Å². The molecule has 0 bridgehead atoms. The number of halogens is 1. The lowest BCUT2D eigenvalue weighted by Gasteiger charge is -2.21. The highest BCUT2D eigenvalue weighted by Gasteiger charge is 2.27. The second-order valence-electron chi connectivity index (χ2n) is 7.44. The van der Waals surface area contributed by atoms with Crippen molar-refractivity contribution in [2.24, 2.45) is 0 Å². The lowest BCUT2D eigenvalue weighted by atomic mass is 10.0. The molecule has 3 aromatic rings. The van der Waals surface area contributed by atoms with Crippen LogP contribution in [0.5, 0.6) is 0 Å². The number of aryl methyl sites for hydroxylation is 2. The molecule has 5 nitrogen and oxygen atoms in total. The van der Waals surface area contributed by atoms with Crippen LogP contribution in [0.2, 0.25) is 0 Å². The molecule has 1 aromatic heterocycles. The van der Waals surface area contributed by atoms with Gasteiger partial charge in [-0.2, -0.15) is 4.98 Å². The van der Waals surface area contributed by atoms with Crippen molar-refractivity contribution >= 4 is 11.6 Å². The zero-order valence-electron chi connectivity index (χ0n) is 15.5. The summed E-state index contributed by atoms with van der Waals surface area (Å²) in [7, 11) is 0. The van der Waals surface area contributed by atoms with Crippen molar-refractivity contribution in [3.8, 4) is 0 Å². The molecular formula is C22H20FN3O2. The van der Waals surface area contributed by atoms with Gasteiger partial charge in [0.05, 0.1) is 19.3 Å². The lowest BCUT2D eigenvalue weighted by Crippen LogP contribution is -2.19. The fourth-order valence-corrected chi connectivity index (χ4v) is 4.19. The number of benzene rings is 2. The highest BCUT2D eigenvalue weighted by molar-refractivity contribution is 5.62. The van der Waals surface area contributed by atoms with Crippen molar-refractivity contribution in [1.29, 1.82) is 0 Å². The van der Waals surface area contributed by atoms with Crippen molar-refractivity contribution in [2.75, 3.05) is 5.32 Å². The van der Waals surface area contributed by atoms with E-state index in [1.807, 2.05) is 6.92 Å². The first-order valence-corrected chi connectivity index (χ1v) is 9.43. The van der Waals surface area contributed by atoms with E-state index in [4.69, 9.17) is 4.74 Å². The number of ether oxygens (including phenoxy) is 1. The second kappa shape index (κ2) is 6.56. The average molecular weight is 377 g/mol. The lowest BCUT2D eigenvalue weighted by molar-refractivity contribution is 0.134. The Labute approximate surface area is 161 Å². The fraction of sp³-hybridized carbons (Fsp3) is 0.273. The molecular weight excluding hydrogens is 357 g/mol. The quantitative estimate of drug-likeness (QED) is 0.750. The zero-order chi connectivity index (χ0) is 19.3. The summed E-state index contributed by atoms with van der Waals surface area (Å²) < 4.78 is 21.0. The number of aromatic nitrogens is 2. The smallest absolute Gasteiger partial charge is 0.274 e. The molecule has 0 fully saturated rings. The molecule has 1 atom stereocenters. The van der Waals surface area contributed by atoms with E-state index in [1.54, 1.807) is 18.2 Å². The Morgan fingerprint density at radius 1 is 1.14 bits per heavy atom. The van der Waals surface area contributed by atoms with Gasteiger partial charge in [-0.1, -0.05) is 18.2 Å². The third kappa shape index (κ3) is 2.90. The van der Waals surface area contributed by atoms with E-state index in [0.717, 1.165) is 40.9 Å². The molecule has 5 rings (SSSR count). The molecule has 2 aliphatic heterocycles. The van der Waals surface area contributed by atoms with Gasteiger partial charge < -0.3 is 14.6 Å². The molecule has 0 radical (unpaired) electrons. The van der Waals surface area contributed by atoms with E-state index < -0.39 is 0 Å². The van der Waals surface area contributed by atoms with E-state index in [9.17, 15) is 9.18 Å². The molecule has 0 spiro atoms. The van der Waals surface area contributed by atoms with Crippen LogP contribution in [0, 0.1) is 12.7 Å². The van der Waals surface area contributed by atoms with Crippen molar-refractivity contribution in [1.82, 2.24) is 9.55 Å². The van der Waals surface area contributed by atoms with E-state index in [0.29, 0.717) is 19.2 Å². The molecule has 28 heavy (non-hydrogen) atoms. The van der Waals surface area contributed by atoms with Crippen LogP contribution in [0.15, 0.2) is 47.3 Å². The Morgan fingerprint density at radius 3 is 2.68 bits per heavy atom. The summed E-state index contributed by atoms with van der Waals surface area (Å²) in [4.78, 5) is 16.4. The Hall–Kier alpha value is -2.99. The minimum atomic E-state index is -0.255. The maximum absolute atomic E-state index is 13.4. The van der Waals surface area contributed by atoms with E-state index in [1.165, 1.54) is 17.7 Å². The molecule has 2 aliphatic rings. The minimum Gasteiger partial charge on any atom is -0.372 e. The van der Waals surface area contributed by atoms with E-state index >= 15 is 0 Å². The molecule has 0 amide bonds. The molecule has 0 saturated heterocycles. The summed E-state index contributed by atoms with van der Waals surface area (Å²) in [6.07, 6.45) is 1.63. The van der Waals surface area contributed by atoms with Gasteiger partial charge in [-0.25, -0.2) is 4.39 Å². The Balaban J connectivity index is 1.58. The van der Waals surface area contributed by atoms with E-state index in [2.05, 4.69) is 27.0 Å². The van der Waals surface area contributed by atoms with Gasteiger partial charge in [0, 0.05) is 17.4 Å². The van der Waals surface area contributed by atoms with Crippen molar-refractivity contribution in [2.45, 2.75) is 39.0 Å². The van der Waals surface area contributed by atoms with Crippen LogP contribution >= 0.6 is 0 Å². The molecule has 0 aliphatic carbocycles. The molecule has 0 saturated carbocycles. The highest BCUT2D eigenvalue weighted by atomic mass is 19.1. The Kier molecular flexibility index (Phi) is 4.02. The third-order valence-electron chi connectivity index (χ3n) is 5.59. The number of nitrogens with zero attached hydrogens (tertiary/aromatic N) is 2. The first kappa shape index (κ1) is 17.1. The van der Waals surface area contributed by atoms with Crippen molar-refractivity contribution in [3.63, 3.8) is 0 Å². The van der Waals surface area contributed by atoms with Crippen molar-refractivity contribution < 1.29 is 9.13 Å². The van der Waals surface area contributed by atoms with Gasteiger partial charge in [0.15, 0.2) is 0 Å². The molecule has 2 aromatic carbocycles. The van der Waals surface area contributed by atoms with Gasteiger partial charge in [0.1, 0.15) is 5.82 Å². The first-order chi connectivity index (χ1) is 13.6. The summed E-state index contributed by atoms with van der Waals surface area (Å²) in [6.45, 7) is 3.27. The van der Waals surface area contributed by atoms with Gasteiger partial charge in [0.2, 0.25) is 5.95 Å². The molecule has 1 unspecified atom stereocenters. The fourth-order valence-electron chi connectivity index (χ4n) is 4.19. The zero-order valence-corrected chi connectivity index (χ0v) is 15.5. The van der Waals surface area contributed by atoms with Gasteiger partial charge in [0.25, 0.3) is 5.56 Å². The summed E-state index contributed by atoms with van der Waals surface area (Å²) in [5.74, 6) is 0.269. The molecule has 1 N–H and O–H groups in total. The minimum absolute atomic E-state index is 0.0178. The van der Waals surface area contributed by atoms with Crippen LogP contribution in [0.25, 0.3) is 0 Å². The SMILES string of the molecule is Cc1cc2c(cc1Nc1nc(=O)cc3n1C(c1ccc(F)cc1)CC3)COC2. The van der Waals surface area contributed by atoms with Gasteiger partial charge in [-0.15, -0.1) is 0 Å². The molecule has 3 heterocycles. The Morgan fingerprint density at radius 2 is 1.89 bits per heavy atom. The van der Waals surface area contributed by atoms with Gasteiger partial charge in [-0.3, -0.25) is 4.79 Å². The normalized spacial score (nSPS) is 17.4. The largest absolute Gasteiger partial charge is 0.372 e. The first-order valence-electron chi connectivity index (χ1n) is 9.43. The number of fused-ring (bicyclic) bond motifs is 2. The van der Waals surface area contributed by atoms with Crippen LogP contribution in [0.3, 0.4) is 0 Å². The molecule has 142 valence electrons. The maximum Gasteiger partial charge on any atom is 0.274 e. The summed E-state index contributed by atoms with van der Waals surface area (Å²) in [5.41, 5.74) is 6.05. The van der Waals surface area contributed by atoms with Gasteiger partial charge >= 0.3 is 0 Å².